The lowest BCUT2D eigenvalue weighted by molar-refractivity contribution is 0.778. The normalized spacial score (nSPS) is 11.1. The van der Waals surface area contributed by atoms with Crippen molar-refractivity contribution in [2.45, 2.75) is 31.1 Å². The van der Waals surface area contributed by atoms with Crippen LogP contribution in [-0.2, 0) is 0 Å². The minimum atomic E-state index is 0.871. The molecule has 0 saturated carbocycles. The van der Waals surface area contributed by atoms with Crippen LogP contribution in [0.25, 0.3) is 10.8 Å². The molecule has 0 spiro atoms. The van der Waals surface area contributed by atoms with Crippen molar-refractivity contribution in [3.63, 3.8) is 0 Å². The van der Waals surface area contributed by atoms with Gasteiger partial charge >= 0.3 is 0 Å². The van der Waals surface area contributed by atoms with Crippen molar-refractivity contribution < 1.29 is 0 Å². The van der Waals surface area contributed by atoms with E-state index in [0.717, 1.165) is 14.0 Å². The van der Waals surface area contributed by atoms with Crippen molar-refractivity contribution in [2.75, 3.05) is 5.75 Å². The lowest BCUT2D eigenvalue weighted by Crippen LogP contribution is -1.82. The number of thioether (sulfide) groups is 1. The lowest BCUT2D eigenvalue weighted by Gasteiger charge is -2.06. The fourth-order valence-electron chi connectivity index (χ4n) is 1.88. The Kier molecular flexibility index (Phi) is 5.64. The van der Waals surface area contributed by atoms with Crippen molar-refractivity contribution in [3.8, 4) is 0 Å². The quantitative estimate of drug-likeness (QED) is 0.324. The molecule has 18 heavy (non-hydrogen) atoms. The second-order valence-electron chi connectivity index (χ2n) is 4.30. The van der Waals surface area contributed by atoms with Crippen LogP contribution in [-0.4, -0.2) is 5.75 Å². The molecule has 0 amide bonds. The van der Waals surface area contributed by atoms with Crippen LogP contribution in [0.2, 0.25) is 5.02 Å². The first-order valence-corrected chi connectivity index (χ1v) is 8.67. The van der Waals surface area contributed by atoms with E-state index < -0.39 is 0 Å². The first kappa shape index (κ1) is 14.5. The third-order valence-corrected chi connectivity index (χ3v) is 5.60. The highest BCUT2D eigenvalue weighted by atomic mass is 127. The van der Waals surface area contributed by atoms with Gasteiger partial charge in [-0.15, -0.1) is 11.8 Å². The molecule has 0 unspecified atom stereocenters. The van der Waals surface area contributed by atoms with Crippen molar-refractivity contribution >= 4 is 56.7 Å². The molecular weight excluding hydrogens is 375 g/mol. The van der Waals surface area contributed by atoms with Crippen LogP contribution in [0.5, 0.6) is 0 Å². The number of rotatable bonds is 5. The Morgan fingerprint density at radius 3 is 2.78 bits per heavy atom. The third-order valence-electron chi connectivity index (χ3n) is 2.90. The van der Waals surface area contributed by atoms with Gasteiger partial charge in [-0.2, -0.15) is 0 Å². The van der Waals surface area contributed by atoms with Gasteiger partial charge in [-0.05, 0) is 58.3 Å². The number of fused-ring (bicyclic) bond motifs is 1. The monoisotopic (exact) mass is 390 g/mol. The molecule has 0 radical (unpaired) electrons. The first-order chi connectivity index (χ1) is 8.72. The number of benzene rings is 2. The van der Waals surface area contributed by atoms with Crippen molar-refractivity contribution in [1.29, 1.82) is 0 Å². The highest BCUT2D eigenvalue weighted by Gasteiger charge is 2.04. The van der Waals surface area contributed by atoms with Gasteiger partial charge in [0.1, 0.15) is 0 Å². The van der Waals surface area contributed by atoms with Crippen LogP contribution in [0.1, 0.15) is 26.2 Å². The van der Waals surface area contributed by atoms with Crippen LogP contribution in [0.15, 0.2) is 35.2 Å². The Morgan fingerprint density at radius 2 is 2.00 bits per heavy atom. The summed E-state index contributed by atoms with van der Waals surface area (Å²) in [4.78, 5) is 1.34. The summed E-state index contributed by atoms with van der Waals surface area (Å²) in [6.07, 6.45) is 3.91. The van der Waals surface area contributed by atoms with E-state index in [0.29, 0.717) is 0 Å². The SMILES string of the molecule is CCCCCSc1ccc2c(Cl)c(I)ccc2c1. The van der Waals surface area contributed by atoms with Gasteiger partial charge in [-0.1, -0.05) is 43.5 Å². The molecule has 0 heterocycles. The fourth-order valence-corrected chi connectivity index (χ4v) is 3.54. The predicted molar refractivity (Wildman–Crippen MR) is 91.9 cm³/mol. The minimum absolute atomic E-state index is 0.871. The molecule has 0 fully saturated rings. The third kappa shape index (κ3) is 3.55. The fraction of sp³-hybridized carbons (Fsp3) is 0.333. The van der Waals surface area contributed by atoms with Gasteiger partial charge in [0, 0.05) is 13.9 Å². The highest BCUT2D eigenvalue weighted by molar-refractivity contribution is 14.1. The number of hydrogen-bond acceptors (Lipinski definition) is 1. The molecule has 3 heteroatoms. The summed E-state index contributed by atoms with van der Waals surface area (Å²) in [6, 6.07) is 10.8. The number of halogens is 2. The van der Waals surface area contributed by atoms with Gasteiger partial charge in [-0.25, -0.2) is 0 Å². The zero-order valence-corrected chi connectivity index (χ0v) is 14.1. The summed E-state index contributed by atoms with van der Waals surface area (Å²) in [5, 5.41) is 3.26. The molecule has 2 aromatic rings. The van der Waals surface area contributed by atoms with Crippen molar-refractivity contribution in [3.05, 3.63) is 38.9 Å². The standard InChI is InChI=1S/C15H16ClIS/c1-2-3-4-9-18-12-6-7-13-11(10-12)5-8-14(17)15(13)16/h5-8,10H,2-4,9H2,1H3. The van der Waals surface area contributed by atoms with E-state index >= 15 is 0 Å². The van der Waals surface area contributed by atoms with E-state index in [-0.39, 0.29) is 0 Å². The molecular formula is C15H16ClIS. The van der Waals surface area contributed by atoms with Gasteiger partial charge in [0.15, 0.2) is 0 Å². The molecule has 0 aromatic heterocycles. The molecule has 0 saturated heterocycles. The lowest BCUT2D eigenvalue weighted by atomic mass is 10.1. The van der Waals surface area contributed by atoms with E-state index in [1.165, 1.54) is 35.3 Å². The first-order valence-electron chi connectivity index (χ1n) is 6.23. The largest absolute Gasteiger partial charge is 0.126 e. The van der Waals surface area contributed by atoms with Crippen LogP contribution < -0.4 is 0 Å². The van der Waals surface area contributed by atoms with Gasteiger partial charge in [0.05, 0.1) is 5.02 Å². The summed E-state index contributed by atoms with van der Waals surface area (Å²) in [5.74, 6) is 1.21. The van der Waals surface area contributed by atoms with E-state index in [1.807, 2.05) is 11.8 Å². The smallest absolute Gasteiger partial charge is 0.0617 e. The van der Waals surface area contributed by atoms with E-state index in [2.05, 4.69) is 59.8 Å². The molecule has 0 atom stereocenters. The van der Waals surface area contributed by atoms with Crippen LogP contribution in [0.4, 0.5) is 0 Å². The maximum Gasteiger partial charge on any atom is 0.0617 e. The summed E-state index contributed by atoms with van der Waals surface area (Å²) in [6.45, 7) is 2.24. The van der Waals surface area contributed by atoms with E-state index in [9.17, 15) is 0 Å². The molecule has 0 aliphatic rings. The Hall–Kier alpha value is 0.0700. The molecule has 0 N–H and O–H groups in total. The predicted octanol–water partition coefficient (Wildman–Crippen LogP) is 6.38. The maximum atomic E-state index is 6.31. The minimum Gasteiger partial charge on any atom is -0.126 e. The summed E-state index contributed by atoms with van der Waals surface area (Å²) in [7, 11) is 0. The van der Waals surface area contributed by atoms with E-state index in [4.69, 9.17) is 11.6 Å². The van der Waals surface area contributed by atoms with Gasteiger partial charge in [0.2, 0.25) is 0 Å². The van der Waals surface area contributed by atoms with Crippen molar-refractivity contribution in [2.24, 2.45) is 0 Å². The summed E-state index contributed by atoms with van der Waals surface area (Å²) < 4.78 is 1.12. The van der Waals surface area contributed by atoms with Crippen LogP contribution in [0, 0.1) is 3.57 Å². The molecule has 2 rings (SSSR count). The maximum absolute atomic E-state index is 6.31. The average molecular weight is 391 g/mol. The second kappa shape index (κ2) is 7.01. The Labute approximate surface area is 132 Å². The molecule has 2 aromatic carbocycles. The molecule has 96 valence electrons. The Balaban J connectivity index is 2.15. The topological polar surface area (TPSA) is 0 Å². The number of unbranched alkanes of at least 4 members (excludes halogenated alkanes) is 2. The Bertz CT molecular complexity index is 539. The molecule has 0 aliphatic heterocycles. The number of hydrogen-bond donors (Lipinski definition) is 0. The zero-order chi connectivity index (χ0) is 13.0. The van der Waals surface area contributed by atoms with Crippen LogP contribution in [0.3, 0.4) is 0 Å². The second-order valence-corrected chi connectivity index (χ2v) is 7.01. The molecule has 0 bridgehead atoms. The average Bonchev–Trinajstić information content (AvgIpc) is 2.39. The van der Waals surface area contributed by atoms with E-state index in [1.54, 1.807) is 0 Å². The van der Waals surface area contributed by atoms with Gasteiger partial charge in [-0.3, -0.25) is 0 Å². The van der Waals surface area contributed by atoms with Crippen LogP contribution >= 0.6 is 46.0 Å². The van der Waals surface area contributed by atoms with Crippen molar-refractivity contribution in [1.82, 2.24) is 0 Å². The van der Waals surface area contributed by atoms with Gasteiger partial charge < -0.3 is 0 Å². The summed E-state index contributed by atoms with van der Waals surface area (Å²) >= 11 is 10.5. The highest BCUT2D eigenvalue weighted by Crippen LogP contribution is 2.31. The summed E-state index contributed by atoms with van der Waals surface area (Å²) in [5.41, 5.74) is 0. The zero-order valence-electron chi connectivity index (χ0n) is 10.4. The molecule has 0 nitrogen and oxygen atoms in total. The molecule has 0 aliphatic carbocycles. The Morgan fingerprint density at radius 1 is 1.17 bits per heavy atom. The van der Waals surface area contributed by atoms with Gasteiger partial charge in [0.25, 0.3) is 0 Å².